The molecule has 12 heteroatoms. The number of carbonyl (C=O) groups is 2. The van der Waals surface area contributed by atoms with E-state index in [0.29, 0.717) is 17.0 Å². The zero-order chi connectivity index (χ0) is 33.4. The molecule has 4 aromatic rings. The minimum atomic E-state index is -4.34. The average molecular weight is 722 g/mol. The maximum Gasteiger partial charge on any atom is 0.264 e. The first-order valence-electron chi connectivity index (χ1n) is 14.5. The maximum atomic E-state index is 14.6. The Kier molecular flexibility index (Phi) is 12.4. The second-order valence-corrected chi connectivity index (χ2v) is 14.2. The zero-order valence-corrected chi connectivity index (χ0v) is 29.0. The third-order valence-corrected chi connectivity index (χ3v) is 10.6. The minimum absolute atomic E-state index is 0.0134. The Bertz CT molecular complexity index is 1780. The van der Waals surface area contributed by atoms with Gasteiger partial charge < -0.3 is 10.2 Å². The summed E-state index contributed by atoms with van der Waals surface area (Å²) in [5, 5.41) is 3.75. The number of hydrogen-bond acceptors (Lipinski definition) is 4. The van der Waals surface area contributed by atoms with Crippen molar-refractivity contribution >= 4 is 73.9 Å². The summed E-state index contributed by atoms with van der Waals surface area (Å²) in [7, 11) is -4.34. The molecule has 2 amide bonds. The van der Waals surface area contributed by atoms with Crippen molar-refractivity contribution in [3.63, 3.8) is 0 Å². The number of carbonyl (C=O) groups excluding carboxylic acids is 2. The summed E-state index contributed by atoms with van der Waals surface area (Å²) in [6.07, 6.45) is 0.820. The second kappa shape index (κ2) is 16.0. The highest BCUT2D eigenvalue weighted by atomic mass is 35.5. The number of hydrogen-bond donors (Lipinski definition) is 1. The normalized spacial score (nSPS) is 12.7. The van der Waals surface area contributed by atoms with Crippen LogP contribution in [0.5, 0.6) is 0 Å². The largest absolute Gasteiger partial charge is 0.352 e. The van der Waals surface area contributed by atoms with Gasteiger partial charge in [-0.05, 0) is 60.9 Å². The average Bonchev–Trinajstić information content (AvgIpc) is 3.04. The molecule has 0 fully saturated rings. The Hall–Kier alpha value is -3.27. The lowest BCUT2D eigenvalue weighted by molar-refractivity contribution is -0.140. The summed E-state index contributed by atoms with van der Waals surface area (Å²) < 4.78 is 29.2. The second-order valence-electron chi connectivity index (χ2n) is 10.7. The first-order valence-corrected chi connectivity index (χ1v) is 17.5. The van der Waals surface area contributed by atoms with E-state index < -0.39 is 34.4 Å². The summed E-state index contributed by atoms with van der Waals surface area (Å²) in [5.41, 5.74) is 1.34. The Morgan fingerprint density at radius 3 is 2.11 bits per heavy atom. The van der Waals surface area contributed by atoms with Gasteiger partial charge in [0.05, 0.1) is 20.6 Å². The number of benzene rings is 4. The van der Waals surface area contributed by atoms with Gasteiger partial charge in [0, 0.05) is 29.1 Å². The molecule has 0 spiro atoms. The van der Waals surface area contributed by atoms with Gasteiger partial charge in [0.2, 0.25) is 11.8 Å². The van der Waals surface area contributed by atoms with E-state index >= 15 is 0 Å². The smallest absolute Gasteiger partial charge is 0.264 e. The van der Waals surface area contributed by atoms with Crippen LogP contribution in [0.25, 0.3) is 0 Å². The fourth-order valence-electron chi connectivity index (χ4n) is 4.75. The molecule has 0 aromatic heterocycles. The van der Waals surface area contributed by atoms with Crippen molar-refractivity contribution in [2.45, 2.75) is 50.2 Å². The molecule has 242 valence electrons. The molecular formula is C34H33Cl4N3O4S. The summed E-state index contributed by atoms with van der Waals surface area (Å²) in [6, 6.07) is 25.1. The van der Waals surface area contributed by atoms with E-state index in [4.69, 9.17) is 46.4 Å². The van der Waals surface area contributed by atoms with Crippen LogP contribution >= 0.6 is 46.4 Å². The van der Waals surface area contributed by atoms with Gasteiger partial charge in [-0.1, -0.05) is 114 Å². The zero-order valence-electron chi connectivity index (χ0n) is 25.2. The van der Waals surface area contributed by atoms with E-state index in [1.807, 2.05) is 44.2 Å². The third kappa shape index (κ3) is 8.75. The van der Waals surface area contributed by atoms with Gasteiger partial charge in [-0.15, -0.1) is 0 Å². The number of sulfonamides is 1. The van der Waals surface area contributed by atoms with Crippen molar-refractivity contribution in [3.05, 3.63) is 128 Å². The van der Waals surface area contributed by atoms with E-state index in [-0.39, 0.29) is 44.7 Å². The third-order valence-electron chi connectivity index (χ3n) is 7.44. The lowest BCUT2D eigenvalue weighted by Gasteiger charge is -2.34. The van der Waals surface area contributed by atoms with Crippen LogP contribution in [-0.4, -0.2) is 43.8 Å². The monoisotopic (exact) mass is 719 g/mol. The number of anilines is 1. The van der Waals surface area contributed by atoms with Crippen LogP contribution in [0.15, 0.2) is 102 Å². The molecule has 2 unspecified atom stereocenters. The molecule has 0 heterocycles. The fourth-order valence-corrected chi connectivity index (χ4v) is 7.11. The molecule has 0 saturated heterocycles. The van der Waals surface area contributed by atoms with Crippen LogP contribution in [0.4, 0.5) is 5.69 Å². The number of nitrogens with zero attached hydrogens (tertiary/aromatic N) is 2. The first kappa shape index (κ1) is 35.6. The molecule has 46 heavy (non-hydrogen) atoms. The van der Waals surface area contributed by atoms with Crippen LogP contribution in [-0.2, 0) is 32.6 Å². The van der Waals surface area contributed by atoms with Gasteiger partial charge in [-0.2, -0.15) is 0 Å². The van der Waals surface area contributed by atoms with Crippen LogP contribution in [0.2, 0.25) is 20.1 Å². The first-order chi connectivity index (χ1) is 21.9. The molecule has 0 bridgehead atoms. The Balaban J connectivity index is 1.85. The molecule has 1 N–H and O–H groups in total. The van der Waals surface area contributed by atoms with Gasteiger partial charge >= 0.3 is 0 Å². The Morgan fingerprint density at radius 1 is 0.826 bits per heavy atom. The Morgan fingerprint density at radius 2 is 1.48 bits per heavy atom. The van der Waals surface area contributed by atoms with E-state index in [9.17, 15) is 18.0 Å². The Labute approximate surface area is 290 Å². The topological polar surface area (TPSA) is 86.8 Å². The summed E-state index contributed by atoms with van der Waals surface area (Å²) in [6.45, 7) is 3.01. The number of amides is 2. The molecule has 4 aromatic carbocycles. The summed E-state index contributed by atoms with van der Waals surface area (Å²) >= 11 is 25.6. The predicted octanol–water partition coefficient (Wildman–Crippen LogP) is 8.05. The maximum absolute atomic E-state index is 14.6. The molecular weight excluding hydrogens is 688 g/mol. The van der Waals surface area contributed by atoms with Gasteiger partial charge in [0.25, 0.3) is 10.0 Å². The van der Waals surface area contributed by atoms with Crippen LogP contribution in [0.1, 0.15) is 31.4 Å². The molecule has 0 saturated carbocycles. The van der Waals surface area contributed by atoms with Gasteiger partial charge in [0.1, 0.15) is 12.6 Å². The van der Waals surface area contributed by atoms with E-state index in [1.54, 1.807) is 42.5 Å². The summed E-state index contributed by atoms with van der Waals surface area (Å²) in [4.78, 5) is 29.8. The van der Waals surface area contributed by atoms with Crippen molar-refractivity contribution < 1.29 is 18.0 Å². The van der Waals surface area contributed by atoms with Crippen molar-refractivity contribution in [2.24, 2.45) is 0 Å². The van der Waals surface area contributed by atoms with Gasteiger partial charge in [-0.3, -0.25) is 13.9 Å². The summed E-state index contributed by atoms with van der Waals surface area (Å²) in [5.74, 6) is -1.06. The van der Waals surface area contributed by atoms with Gasteiger partial charge in [0.15, 0.2) is 0 Å². The van der Waals surface area contributed by atoms with E-state index in [1.165, 1.54) is 29.2 Å². The molecule has 0 aliphatic carbocycles. The highest BCUT2D eigenvalue weighted by Gasteiger charge is 2.36. The number of rotatable bonds is 13. The highest BCUT2D eigenvalue weighted by molar-refractivity contribution is 7.92. The van der Waals surface area contributed by atoms with E-state index in [0.717, 1.165) is 9.87 Å². The molecule has 2 atom stereocenters. The van der Waals surface area contributed by atoms with Crippen molar-refractivity contribution in [2.75, 3.05) is 10.8 Å². The molecule has 0 aliphatic rings. The van der Waals surface area contributed by atoms with Crippen LogP contribution in [0.3, 0.4) is 0 Å². The lowest BCUT2D eigenvalue weighted by Crippen LogP contribution is -2.54. The molecule has 4 rings (SSSR count). The number of halogens is 4. The predicted molar refractivity (Wildman–Crippen MR) is 186 cm³/mol. The molecule has 7 nitrogen and oxygen atoms in total. The minimum Gasteiger partial charge on any atom is -0.352 e. The SMILES string of the molecule is CCC(C)NC(=O)C(Cc1ccccc1)N(Cc1ccc(Cl)cc1Cl)C(=O)CN(c1cccc(Cl)c1Cl)S(=O)(=O)c1ccccc1. The molecule has 0 radical (unpaired) electrons. The van der Waals surface area contributed by atoms with Crippen molar-refractivity contribution in [1.29, 1.82) is 0 Å². The standard InChI is InChI=1S/C34H33Cl4N3O4S/c1-3-23(2)39-34(43)31(19-24-11-6-4-7-12-24)40(21-25-17-18-26(35)20-29(25)37)32(42)22-41(30-16-10-15-28(36)33(30)38)46(44,45)27-13-8-5-9-14-27/h4-18,20,23,31H,3,19,21-22H2,1-2H3,(H,39,43). The lowest BCUT2D eigenvalue weighted by atomic mass is 10.0. The number of nitrogens with one attached hydrogen (secondary N) is 1. The molecule has 0 aliphatic heterocycles. The van der Waals surface area contributed by atoms with E-state index in [2.05, 4.69) is 5.32 Å². The van der Waals surface area contributed by atoms with Gasteiger partial charge in [-0.25, -0.2) is 8.42 Å². The highest BCUT2D eigenvalue weighted by Crippen LogP contribution is 2.36. The van der Waals surface area contributed by atoms with Crippen LogP contribution in [0, 0.1) is 0 Å². The van der Waals surface area contributed by atoms with Crippen LogP contribution < -0.4 is 9.62 Å². The fraction of sp³-hybridized carbons (Fsp3) is 0.235. The quantitative estimate of drug-likeness (QED) is 0.152. The van der Waals surface area contributed by atoms with Crippen molar-refractivity contribution in [1.82, 2.24) is 10.2 Å². The van der Waals surface area contributed by atoms with Crippen molar-refractivity contribution in [3.8, 4) is 0 Å².